The lowest BCUT2D eigenvalue weighted by atomic mass is 9.80. The molecule has 0 radical (unpaired) electrons. The Morgan fingerprint density at radius 1 is 1.08 bits per heavy atom. The molecule has 2 heterocycles. The first kappa shape index (κ1) is 17.7. The summed E-state index contributed by atoms with van der Waals surface area (Å²) in [6.07, 6.45) is 7.17. The van der Waals surface area contributed by atoms with E-state index in [2.05, 4.69) is 55.1 Å². The molecule has 0 fully saturated rings. The third-order valence-electron chi connectivity index (χ3n) is 4.69. The minimum Gasteiger partial charge on any atom is -0.245 e. The van der Waals surface area contributed by atoms with Crippen molar-refractivity contribution in [2.24, 2.45) is 0 Å². The minimum atomic E-state index is 0.152. The molecule has 0 unspecified atom stereocenters. The highest BCUT2D eigenvalue weighted by molar-refractivity contribution is 6.29. The number of hydrogen-bond acceptors (Lipinski definition) is 2. The second-order valence-electron chi connectivity index (χ2n) is 7.03. The van der Waals surface area contributed by atoms with E-state index in [-0.39, 0.29) is 5.41 Å². The largest absolute Gasteiger partial charge is 0.245 e. The third kappa shape index (κ3) is 3.93. The number of benzene rings is 1. The summed E-state index contributed by atoms with van der Waals surface area (Å²) in [5, 5.41) is 5.02. The van der Waals surface area contributed by atoms with Gasteiger partial charge in [0.05, 0.1) is 17.6 Å². The van der Waals surface area contributed by atoms with Crippen molar-refractivity contribution in [3.8, 4) is 16.9 Å². The van der Waals surface area contributed by atoms with Crippen LogP contribution in [0.3, 0.4) is 0 Å². The smallest absolute Gasteiger partial charge is 0.129 e. The summed E-state index contributed by atoms with van der Waals surface area (Å²) in [5.74, 6) is 0. The Kier molecular flexibility index (Phi) is 5.24. The molecular weight excluding hydrogens is 330 g/mol. The first-order valence-electron chi connectivity index (χ1n) is 8.78. The molecule has 0 aliphatic carbocycles. The van der Waals surface area contributed by atoms with E-state index < -0.39 is 0 Å². The summed E-state index contributed by atoms with van der Waals surface area (Å²) in [4.78, 5) is 4.06. The Bertz CT molecular complexity index is 852. The average Bonchev–Trinajstić information content (AvgIpc) is 3.10. The Hall–Kier alpha value is -2.13. The number of hydrogen-bond donors (Lipinski definition) is 0. The molecule has 0 saturated heterocycles. The molecule has 3 rings (SSSR count). The number of nitrogens with zero attached hydrogens (tertiary/aromatic N) is 3. The van der Waals surface area contributed by atoms with Gasteiger partial charge in [-0.1, -0.05) is 57.3 Å². The van der Waals surface area contributed by atoms with Crippen LogP contribution in [0, 0.1) is 0 Å². The van der Waals surface area contributed by atoms with Crippen LogP contribution in [-0.4, -0.2) is 14.8 Å². The predicted molar refractivity (Wildman–Crippen MR) is 104 cm³/mol. The van der Waals surface area contributed by atoms with Gasteiger partial charge in [0.2, 0.25) is 0 Å². The summed E-state index contributed by atoms with van der Waals surface area (Å²) in [6, 6.07) is 14.5. The standard InChI is InChI=1S/C21H24ClN3/c1-4-5-11-21(2,3)17-7-6-8-18(15-17)25-19(10-13-24-25)16-9-12-23-20(22)14-16/h6-10,12-15H,4-5,11H2,1-3H3. The summed E-state index contributed by atoms with van der Waals surface area (Å²) in [6.45, 7) is 6.87. The molecule has 25 heavy (non-hydrogen) atoms. The lowest BCUT2D eigenvalue weighted by Crippen LogP contribution is -2.17. The molecule has 0 aliphatic rings. The second kappa shape index (κ2) is 7.40. The summed E-state index contributed by atoms with van der Waals surface area (Å²) in [7, 11) is 0. The quantitative estimate of drug-likeness (QED) is 0.504. The fourth-order valence-corrected chi connectivity index (χ4v) is 3.29. The van der Waals surface area contributed by atoms with Gasteiger partial charge in [-0.15, -0.1) is 0 Å². The van der Waals surface area contributed by atoms with Crippen molar-refractivity contribution in [2.45, 2.75) is 45.4 Å². The normalized spacial score (nSPS) is 11.7. The first-order valence-corrected chi connectivity index (χ1v) is 9.16. The van der Waals surface area contributed by atoms with E-state index in [9.17, 15) is 0 Å². The van der Waals surface area contributed by atoms with Crippen molar-refractivity contribution >= 4 is 11.6 Å². The van der Waals surface area contributed by atoms with Crippen LogP contribution < -0.4 is 0 Å². The van der Waals surface area contributed by atoms with Crippen molar-refractivity contribution in [3.05, 3.63) is 65.6 Å². The lowest BCUT2D eigenvalue weighted by Gasteiger charge is -2.26. The molecule has 0 atom stereocenters. The van der Waals surface area contributed by atoms with Crippen molar-refractivity contribution in [2.75, 3.05) is 0 Å². The highest BCUT2D eigenvalue weighted by Gasteiger charge is 2.20. The van der Waals surface area contributed by atoms with E-state index in [0.29, 0.717) is 5.15 Å². The number of halogens is 1. The Labute approximate surface area is 154 Å². The minimum absolute atomic E-state index is 0.152. The topological polar surface area (TPSA) is 30.7 Å². The summed E-state index contributed by atoms with van der Waals surface area (Å²) >= 11 is 6.05. The molecule has 4 heteroatoms. The van der Waals surface area contributed by atoms with Crippen molar-refractivity contribution in [3.63, 3.8) is 0 Å². The third-order valence-corrected chi connectivity index (χ3v) is 4.90. The van der Waals surface area contributed by atoms with Gasteiger partial charge in [-0.3, -0.25) is 0 Å². The summed E-state index contributed by atoms with van der Waals surface area (Å²) < 4.78 is 1.96. The monoisotopic (exact) mass is 353 g/mol. The molecule has 130 valence electrons. The van der Waals surface area contributed by atoms with Gasteiger partial charge in [0.25, 0.3) is 0 Å². The molecule has 0 aliphatic heterocycles. The van der Waals surface area contributed by atoms with Crippen molar-refractivity contribution in [1.82, 2.24) is 14.8 Å². The molecule has 3 nitrogen and oxygen atoms in total. The van der Waals surface area contributed by atoms with Crippen LogP contribution in [0.25, 0.3) is 16.9 Å². The molecule has 3 aromatic rings. The maximum absolute atomic E-state index is 6.05. The number of pyridine rings is 1. The fourth-order valence-electron chi connectivity index (χ4n) is 3.11. The number of unbranched alkanes of at least 4 members (excludes halogenated alkanes) is 1. The second-order valence-corrected chi connectivity index (χ2v) is 7.42. The van der Waals surface area contributed by atoms with Gasteiger partial charge < -0.3 is 0 Å². The Morgan fingerprint density at radius 2 is 1.92 bits per heavy atom. The van der Waals surface area contributed by atoms with Gasteiger partial charge in [-0.05, 0) is 47.7 Å². The van der Waals surface area contributed by atoms with E-state index >= 15 is 0 Å². The SMILES string of the molecule is CCCCC(C)(C)c1cccc(-n2nccc2-c2ccnc(Cl)c2)c1. The van der Waals surface area contributed by atoms with Gasteiger partial charge in [0.1, 0.15) is 5.15 Å². The van der Waals surface area contributed by atoms with Crippen molar-refractivity contribution < 1.29 is 0 Å². The Morgan fingerprint density at radius 3 is 2.68 bits per heavy atom. The van der Waals surface area contributed by atoms with E-state index in [4.69, 9.17) is 11.6 Å². The van der Waals surface area contributed by atoms with E-state index in [1.54, 1.807) is 6.20 Å². The van der Waals surface area contributed by atoms with Gasteiger partial charge >= 0.3 is 0 Å². The van der Waals surface area contributed by atoms with Crippen LogP contribution in [0.4, 0.5) is 0 Å². The maximum atomic E-state index is 6.05. The van der Waals surface area contributed by atoms with E-state index in [1.165, 1.54) is 24.8 Å². The Balaban J connectivity index is 1.99. The molecule has 0 N–H and O–H groups in total. The van der Waals surface area contributed by atoms with E-state index in [0.717, 1.165) is 16.9 Å². The van der Waals surface area contributed by atoms with Gasteiger partial charge in [-0.2, -0.15) is 5.10 Å². The highest BCUT2D eigenvalue weighted by Crippen LogP contribution is 2.31. The predicted octanol–water partition coefficient (Wildman–Crippen LogP) is 6.06. The zero-order valence-corrected chi connectivity index (χ0v) is 15.8. The first-order chi connectivity index (χ1) is 12.0. The van der Waals surface area contributed by atoms with Crippen LogP contribution in [0.15, 0.2) is 54.9 Å². The summed E-state index contributed by atoms with van der Waals surface area (Å²) in [5.41, 5.74) is 4.57. The molecule has 2 aromatic heterocycles. The van der Waals surface area contributed by atoms with Gasteiger partial charge in [0.15, 0.2) is 0 Å². The van der Waals surface area contributed by atoms with E-state index in [1.807, 2.05) is 29.1 Å². The molecule has 0 amide bonds. The van der Waals surface area contributed by atoms with Gasteiger partial charge in [-0.25, -0.2) is 9.67 Å². The average molecular weight is 354 g/mol. The molecule has 0 saturated carbocycles. The molecular formula is C21H24ClN3. The van der Waals surface area contributed by atoms with Crippen LogP contribution in [0.1, 0.15) is 45.6 Å². The molecule has 0 bridgehead atoms. The molecule has 1 aromatic carbocycles. The van der Waals surface area contributed by atoms with Crippen LogP contribution in [-0.2, 0) is 5.41 Å². The number of aromatic nitrogens is 3. The molecule has 0 spiro atoms. The zero-order valence-electron chi connectivity index (χ0n) is 15.0. The van der Waals surface area contributed by atoms with Crippen molar-refractivity contribution in [1.29, 1.82) is 0 Å². The van der Waals surface area contributed by atoms with Crippen LogP contribution in [0.5, 0.6) is 0 Å². The maximum Gasteiger partial charge on any atom is 0.129 e. The fraction of sp³-hybridized carbons (Fsp3) is 0.333. The highest BCUT2D eigenvalue weighted by atomic mass is 35.5. The van der Waals surface area contributed by atoms with Gasteiger partial charge in [0, 0.05) is 11.8 Å². The lowest BCUT2D eigenvalue weighted by molar-refractivity contribution is 0.457. The van der Waals surface area contributed by atoms with Crippen LogP contribution >= 0.6 is 11.6 Å². The zero-order chi connectivity index (χ0) is 17.9. The number of rotatable bonds is 6. The van der Waals surface area contributed by atoms with Crippen LogP contribution in [0.2, 0.25) is 5.15 Å².